The maximum Gasteiger partial charge on any atom is 0.339 e. The second-order valence-electron chi connectivity index (χ2n) is 8.47. The van der Waals surface area contributed by atoms with Crippen molar-refractivity contribution in [3.63, 3.8) is 0 Å². The number of carbonyl (C=O) groups is 3. The summed E-state index contributed by atoms with van der Waals surface area (Å²) in [6.45, 7) is 2.06. The third-order valence-electron chi connectivity index (χ3n) is 6.30. The summed E-state index contributed by atoms with van der Waals surface area (Å²) in [5.74, 6) is -0.584. The van der Waals surface area contributed by atoms with Gasteiger partial charge < -0.3 is 15.0 Å². The molecular weight excluding hydrogens is 406 g/mol. The lowest BCUT2D eigenvalue weighted by Crippen LogP contribution is -2.51. The van der Waals surface area contributed by atoms with E-state index >= 15 is 0 Å². The van der Waals surface area contributed by atoms with E-state index in [0.717, 1.165) is 31.2 Å². The molecule has 2 aromatic carbocycles. The van der Waals surface area contributed by atoms with Crippen molar-refractivity contribution in [1.82, 2.24) is 4.90 Å². The SMILES string of the molecule is COC(=O)c1ccccc1NC(=O)CN1C(=O)C(c2ccccc2)=NC12CCC(C)CC2. The number of rotatable bonds is 5. The Morgan fingerprint density at radius 2 is 1.75 bits per heavy atom. The molecule has 4 rings (SSSR count). The molecule has 0 aromatic heterocycles. The van der Waals surface area contributed by atoms with Gasteiger partial charge in [0.2, 0.25) is 5.91 Å². The minimum atomic E-state index is -0.700. The van der Waals surface area contributed by atoms with Crippen LogP contribution in [0.1, 0.15) is 48.5 Å². The molecule has 1 saturated carbocycles. The van der Waals surface area contributed by atoms with Crippen LogP contribution < -0.4 is 5.32 Å². The molecule has 166 valence electrons. The Morgan fingerprint density at radius 1 is 1.09 bits per heavy atom. The summed E-state index contributed by atoms with van der Waals surface area (Å²) in [6, 6.07) is 16.0. The van der Waals surface area contributed by atoms with Crippen molar-refractivity contribution >= 4 is 29.2 Å². The summed E-state index contributed by atoms with van der Waals surface area (Å²) in [5.41, 5.74) is 1.08. The molecule has 1 aliphatic carbocycles. The number of anilines is 1. The third kappa shape index (κ3) is 4.15. The number of methoxy groups -OCH3 is 1. The molecule has 2 amide bonds. The van der Waals surface area contributed by atoms with E-state index in [4.69, 9.17) is 9.73 Å². The molecule has 0 radical (unpaired) electrons. The molecule has 7 nitrogen and oxygen atoms in total. The van der Waals surface area contributed by atoms with E-state index < -0.39 is 11.6 Å². The number of carbonyl (C=O) groups excluding carboxylic acids is 3. The number of nitrogens with zero attached hydrogens (tertiary/aromatic N) is 2. The molecule has 2 aromatic rings. The Morgan fingerprint density at radius 3 is 2.44 bits per heavy atom. The zero-order valence-electron chi connectivity index (χ0n) is 18.3. The van der Waals surface area contributed by atoms with Crippen molar-refractivity contribution in [2.24, 2.45) is 10.9 Å². The van der Waals surface area contributed by atoms with E-state index in [-0.39, 0.29) is 23.9 Å². The average Bonchev–Trinajstić information content (AvgIpc) is 3.08. The minimum absolute atomic E-state index is 0.136. The van der Waals surface area contributed by atoms with Gasteiger partial charge in [0, 0.05) is 5.56 Å². The molecule has 0 saturated heterocycles. The van der Waals surface area contributed by atoms with Crippen molar-refractivity contribution < 1.29 is 19.1 Å². The zero-order chi connectivity index (χ0) is 22.7. The molecule has 7 heteroatoms. The standard InChI is InChI=1S/C25H27N3O4/c1-17-12-14-25(15-13-17)27-22(18-8-4-3-5-9-18)23(30)28(25)16-21(29)26-20-11-7-6-10-19(20)24(31)32-2/h3-11,17H,12-16H2,1-2H3,(H,26,29). The summed E-state index contributed by atoms with van der Waals surface area (Å²) in [4.78, 5) is 45.0. The van der Waals surface area contributed by atoms with Crippen LogP contribution in [0, 0.1) is 5.92 Å². The molecule has 0 bridgehead atoms. The van der Waals surface area contributed by atoms with Gasteiger partial charge in [0.05, 0.1) is 18.4 Å². The lowest BCUT2D eigenvalue weighted by atomic mass is 9.82. The van der Waals surface area contributed by atoms with Crippen LogP contribution in [0.4, 0.5) is 5.69 Å². The van der Waals surface area contributed by atoms with Crippen LogP contribution in [0.5, 0.6) is 0 Å². The predicted molar refractivity (Wildman–Crippen MR) is 121 cm³/mol. The van der Waals surface area contributed by atoms with Crippen LogP contribution in [0.3, 0.4) is 0 Å². The molecule has 1 aliphatic heterocycles. The summed E-state index contributed by atoms with van der Waals surface area (Å²) >= 11 is 0. The van der Waals surface area contributed by atoms with Gasteiger partial charge in [-0.15, -0.1) is 0 Å². The number of hydrogen-bond acceptors (Lipinski definition) is 5. The van der Waals surface area contributed by atoms with Gasteiger partial charge in [0.25, 0.3) is 5.91 Å². The fourth-order valence-electron chi connectivity index (χ4n) is 4.46. The first-order valence-corrected chi connectivity index (χ1v) is 10.9. The molecule has 0 atom stereocenters. The van der Waals surface area contributed by atoms with Crippen molar-refractivity contribution in [2.45, 2.75) is 38.3 Å². The van der Waals surface area contributed by atoms with Crippen LogP contribution in [0.15, 0.2) is 59.6 Å². The zero-order valence-corrected chi connectivity index (χ0v) is 18.3. The van der Waals surface area contributed by atoms with Crippen LogP contribution in [-0.4, -0.2) is 47.7 Å². The van der Waals surface area contributed by atoms with Crippen molar-refractivity contribution in [2.75, 3.05) is 19.0 Å². The third-order valence-corrected chi connectivity index (χ3v) is 6.30. The first-order chi connectivity index (χ1) is 15.4. The Kier molecular flexibility index (Phi) is 6.08. The summed E-state index contributed by atoms with van der Waals surface area (Å²) in [5, 5.41) is 2.77. The summed E-state index contributed by atoms with van der Waals surface area (Å²) in [7, 11) is 1.29. The monoisotopic (exact) mass is 433 g/mol. The maximum atomic E-state index is 13.4. The number of hydrogen-bond donors (Lipinski definition) is 1. The molecule has 1 spiro atoms. The highest BCUT2D eigenvalue weighted by molar-refractivity contribution is 6.47. The Balaban J connectivity index is 1.59. The lowest BCUT2D eigenvalue weighted by Gasteiger charge is -2.40. The van der Waals surface area contributed by atoms with E-state index in [9.17, 15) is 14.4 Å². The van der Waals surface area contributed by atoms with E-state index in [1.807, 2.05) is 30.3 Å². The van der Waals surface area contributed by atoms with Gasteiger partial charge in [0.1, 0.15) is 17.9 Å². The summed E-state index contributed by atoms with van der Waals surface area (Å²) < 4.78 is 4.80. The Bertz CT molecular complexity index is 1060. The fourth-order valence-corrected chi connectivity index (χ4v) is 4.46. The molecule has 1 heterocycles. The Labute approximate surface area is 187 Å². The quantitative estimate of drug-likeness (QED) is 0.729. The largest absolute Gasteiger partial charge is 0.465 e. The summed E-state index contributed by atoms with van der Waals surface area (Å²) in [6.07, 6.45) is 3.34. The normalized spacial score (nSPS) is 22.6. The van der Waals surface area contributed by atoms with Crippen LogP contribution in [0.2, 0.25) is 0 Å². The van der Waals surface area contributed by atoms with Gasteiger partial charge in [-0.3, -0.25) is 14.6 Å². The van der Waals surface area contributed by atoms with Gasteiger partial charge >= 0.3 is 5.97 Å². The number of para-hydroxylation sites is 1. The molecule has 2 aliphatic rings. The van der Waals surface area contributed by atoms with E-state index in [2.05, 4.69) is 12.2 Å². The van der Waals surface area contributed by atoms with Crippen LogP contribution in [-0.2, 0) is 14.3 Å². The van der Waals surface area contributed by atoms with Crippen LogP contribution in [0.25, 0.3) is 0 Å². The Hall–Kier alpha value is -3.48. The molecule has 1 N–H and O–H groups in total. The van der Waals surface area contributed by atoms with Crippen molar-refractivity contribution in [3.8, 4) is 0 Å². The predicted octanol–water partition coefficient (Wildman–Crippen LogP) is 3.65. The fraction of sp³-hybridized carbons (Fsp3) is 0.360. The first kappa shape index (κ1) is 21.7. The van der Waals surface area contributed by atoms with Gasteiger partial charge in [-0.2, -0.15) is 0 Å². The maximum absolute atomic E-state index is 13.4. The number of nitrogens with one attached hydrogen (secondary N) is 1. The first-order valence-electron chi connectivity index (χ1n) is 10.9. The average molecular weight is 434 g/mol. The number of esters is 1. The highest BCUT2D eigenvalue weighted by Gasteiger charge is 2.49. The highest BCUT2D eigenvalue weighted by Crippen LogP contribution is 2.41. The number of ether oxygens (including phenoxy) is 1. The van der Waals surface area contributed by atoms with E-state index in [1.165, 1.54) is 7.11 Å². The van der Waals surface area contributed by atoms with Gasteiger partial charge in [-0.25, -0.2) is 4.79 Å². The molecular formula is C25H27N3O4. The molecule has 32 heavy (non-hydrogen) atoms. The van der Waals surface area contributed by atoms with Crippen LogP contribution >= 0.6 is 0 Å². The van der Waals surface area contributed by atoms with Crippen molar-refractivity contribution in [1.29, 1.82) is 0 Å². The minimum Gasteiger partial charge on any atom is -0.465 e. The highest BCUT2D eigenvalue weighted by atomic mass is 16.5. The molecule has 0 unspecified atom stereocenters. The van der Waals surface area contributed by atoms with E-state index in [0.29, 0.717) is 17.3 Å². The number of benzene rings is 2. The second kappa shape index (κ2) is 8.94. The smallest absolute Gasteiger partial charge is 0.339 e. The lowest BCUT2D eigenvalue weighted by molar-refractivity contribution is -0.134. The van der Waals surface area contributed by atoms with Gasteiger partial charge in [-0.05, 0) is 43.7 Å². The van der Waals surface area contributed by atoms with Gasteiger partial charge in [0.15, 0.2) is 0 Å². The number of aliphatic imine (C=N–C) groups is 1. The van der Waals surface area contributed by atoms with Gasteiger partial charge in [-0.1, -0.05) is 49.4 Å². The van der Waals surface area contributed by atoms with Crippen molar-refractivity contribution in [3.05, 3.63) is 65.7 Å². The molecule has 1 fully saturated rings. The second-order valence-corrected chi connectivity index (χ2v) is 8.47. The van der Waals surface area contributed by atoms with E-state index in [1.54, 1.807) is 29.2 Å². The topological polar surface area (TPSA) is 88.1 Å². The number of amides is 2.